The van der Waals surface area contributed by atoms with Gasteiger partial charge in [-0.1, -0.05) is 17.7 Å². The minimum atomic E-state index is 0.251. The molecule has 0 radical (unpaired) electrons. The Hall–Kier alpha value is -1.80. The van der Waals surface area contributed by atoms with Crippen LogP contribution in [-0.4, -0.2) is 11.3 Å². The molecule has 2 nitrogen and oxygen atoms in total. The second-order valence-electron chi connectivity index (χ2n) is 3.73. The molecule has 0 saturated heterocycles. The van der Waals surface area contributed by atoms with Gasteiger partial charge in [-0.15, -0.1) is 0 Å². The molecule has 1 N–H and O–H groups in total. The van der Waals surface area contributed by atoms with Crippen molar-refractivity contribution in [1.29, 1.82) is 0 Å². The molecule has 0 aliphatic carbocycles. The molecular weight excluding hydrogens is 234 g/mol. The Morgan fingerprint density at radius 1 is 1.12 bits per heavy atom. The SMILES string of the molecule is Cc1c(Cl)cccc1N=Cc1ccc(O)cc1. The lowest BCUT2D eigenvalue weighted by Gasteiger charge is -2.01. The highest BCUT2D eigenvalue weighted by molar-refractivity contribution is 6.31. The number of rotatable bonds is 2. The lowest BCUT2D eigenvalue weighted by Crippen LogP contribution is -1.81. The number of benzene rings is 2. The van der Waals surface area contributed by atoms with Crippen LogP contribution in [0.4, 0.5) is 5.69 Å². The third-order valence-electron chi connectivity index (χ3n) is 2.48. The van der Waals surface area contributed by atoms with Crippen molar-refractivity contribution in [3.05, 3.63) is 58.6 Å². The average Bonchev–Trinajstić information content (AvgIpc) is 2.33. The molecule has 2 aromatic carbocycles. The van der Waals surface area contributed by atoms with E-state index >= 15 is 0 Å². The van der Waals surface area contributed by atoms with Crippen LogP contribution < -0.4 is 0 Å². The summed E-state index contributed by atoms with van der Waals surface area (Å²) < 4.78 is 0. The van der Waals surface area contributed by atoms with Gasteiger partial charge in [-0.25, -0.2) is 0 Å². The summed E-state index contributed by atoms with van der Waals surface area (Å²) in [4.78, 5) is 4.38. The molecule has 0 fully saturated rings. The van der Waals surface area contributed by atoms with E-state index in [2.05, 4.69) is 4.99 Å². The van der Waals surface area contributed by atoms with Crippen LogP contribution in [0.25, 0.3) is 0 Å². The molecule has 0 aliphatic heterocycles. The third-order valence-corrected chi connectivity index (χ3v) is 2.89. The number of hydrogen-bond donors (Lipinski definition) is 1. The molecule has 0 spiro atoms. The van der Waals surface area contributed by atoms with Crippen molar-refractivity contribution < 1.29 is 5.11 Å². The summed E-state index contributed by atoms with van der Waals surface area (Å²) in [6.07, 6.45) is 1.75. The van der Waals surface area contributed by atoms with Crippen LogP contribution in [0.5, 0.6) is 5.75 Å². The van der Waals surface area contributed by atoms with Gasteiger partial charge in [-0.05, 0) is 54.4 Å². The zero-order chi connectivity index (χ0) is 12.3. The first-order valence-electron chi connectivity index (χ1n) is 5.25. The number of halogens is 1. The predicted octanol–water partition coefficient (Wildman–Crippen LogP) is 4.10. The van der Waals surface area contributed by atoms with Gasteiger partial charge in [0.2, 0.25) is 0 Å². The van der Waals surface area contributed by atoms with E-state index < -0.39 is 0 Å². The molecule has 0 aromatic heterocycles. The molecule has 2 rings (SSSR count). The predicted molar refractivity (Wildman–Crippen MR) is 71.5 cm³/mol. The van der Waals surface area contributed by atoms with Crippen molar-refractivity contribution >= 4 is 23.5 Å². The van der Waals surface area contributed by atoms with Crippen LogP contribution in [0.1, 0.15) is 11.1 Å². The molecule has 3 heteroatoms. The lowest BCUT2D eigenvalue weighted by molar-refractivity contribution is 0.475. The molecule has 0 unspecified atom stereocenters. The maximum absolute atomic E-state index is 9.16. The summed E-state index contributed by atoms with van der Waals surface area (Å²) in [7, 11) is 0. The Balaban J connectivity index is 2.26. The monoisotopic (exact) mass is 245 g/mol. The minimum absolute atomic E-state index is 0.251. The largest absolute Gasteiger partial charge is 0.508 e. The van der Waals surface area contributed by atoms with E-state index in [-0.39, 0.29) is 5.75 Å². The Bertz CT molecular complexity index is 547. The quantitative estimate of drug-likeness (QED) is 0.794. The first-order valence-corrected chi connectivity index (χ1v) is 5.63. The normalized spacial score (nSPS) is 10.9. The summed E-state index contributed by atoms with van der Waals surface area (Å²) >= 11 is 6.01. The highest BCUT2D eigenvalue weighted by atomic mass is 35.5. The molecule has 0 heterocycles. The van der Waals surface area contributed by atoms with E-state index in [1.165, 1.54) is 0 Å². The van der Waals surface area contributed by atoms with E-state index in [0.717, 1.165) is 16.8 Å². The van der Waals surface area contributed by atoms with Gasteiger partial charge < -0.3 is 5.11 Å². The van der Waals surface area contributed by atoms with Gasteiger partial charge in [0.25, 0.3) is 0 Å². The van der Waals surface area contributed by atoms with Crippen LogP contribution in [-0.2, 0) is 0 Å². The van der Waals surface area contributed by atoms with Crippen LogP contribution in [0.3, 0.4) is 0 Å². The fourth-order valence-corrected chi connectivity index (χ4v) is 1.61. The molecule has 0 amide bonds. The highest BCUT2D eigenvalue weighted by Crippen LogP contribution is 2.25. The van der Waals surface area contributed by atoms with E-state index in [9.17, 15) is 0 Å². The first kappa shape index (κ1) is 11.7. The van der Waals surface area contributed by atoms with Crippen molar-refractivity contribution in [3.8, 4) is 5.75 Å². The number of aromatic hydroxyl groups is 1. The summed E-state index contributed by atoms with van der Waals surface area (Å²) in [5, 5.41) is 9.87. The second kappa shape index (κ2) is 5.02. The number of hydrogen-bond acceptors (Lipinski definition) is 2. The van der Waals surface area contributed by atoms with Crippen LogP contribution >= 0.6 is 11.6 Å². The Kier molecular flexibility index (Phi) is 3.45. The Morgan fingerprint density at radius 2 is 1.82 bits per heavy atom. The van der Waals surface area contributed by atoms with Crippen molar-refractivity contribution in [2.45, 2.75) is 6.92 Å². The fraction of sp³-hybridized carbons (Fsp3) is 0.0714. The number of phenolic OH excluding ortho intramolecular Hbond substituents is 1. The highest BCUT2D eigenvalue weighted by Gasteiger charge is 1.99. The van der Waals surface area contributed by atoms with E-state index in [4.69, 9.17) is 16.7 Å². The van der Waals surface area contributed by atoms with Crippen molar-refractivity contribution in [1.82, 2.24) is 0 Å². The zero-order valence-corrected chi connectivity index (χ0v) is 10.1. The maximum atomic E-state index is 9.16. The standard InChI is InChI=1S/C14H12ClNO/c1-10-13(15)3-2-4-14(10)16-9-11-5-7-12(17)8-6-11/h2-9,17H,1H3. The second-order valence-corrected chi connectivity index (χ2v) is 4.14. The van der Waals surface area contributed by atoms with E-state index in [1.54, 1.807) is 30.5 Å². The number of phenols is 1. The molecule has 2 aromatic rings. The summed E-state index contributed by atoms with van der Waals surface area (Å²) in [5.74, 6) is 0.251. The fourth-order valence-electron chi connectivity index (χ4n) is 1.44. The molecular formula is C14H12ClNO. The molecule has 17 heavy (non-hydrogen) atoms. The number of nitrogens with zero attached hydrogens (tertiary/aromatic N) is 1. The first-order chi connectivity index (χ1) is 8.16. The third kappa shape index (κ3) is 2.86. The van der Waals surface area contributed by atoms with Crippen LogP contribution in [0.2, 0.25) is 5.02 Å². The summed E-state index contributed by atoms with van der Waals surface area (Å²) in [6.45, 7) is 1.94. The zero-order valence-electron chi connectivity index (χ0n) is 9.39. The number of aliphatic imine (C=N–C) groups is 1. The van der Waals surface area contributed by atoms with Crippen molar-refractivity contribution in [3.63, 3.8) is 0 Å². The van der Waals surface area contributed by atoms with Crippen molar-refractivity contribution in [2.24, 2.45) is 4.99 Å². The molecule has 0 atom stereocenters. The minimum Gasteiger partial charge on any atom is -0.508 e. The van der Waals surface area contributed by atoms with Crippen LogP contribution in [0, 0.1) is 6.92 Å². The van der Waals surface area contributed by atoms with Gasteiger partial charge in [-0.3, -0.25) is 4.99 Å². The molecule has 0 saturated carbocycles. The van der Waals surface area contributed by atoms with Crippen molar-refractivity contribution in [2.75, 3.05) is 0 Å². The van der Waals surface area contributed by atoms with Gasteiger partial charge in [0.05, 0.1) is 5.69 Å². The van der Waals surface area contributed by atoms with Gasteiger partial charge in [-0.2, -0.15) is 0 Å². The van der Waals surface area contributed by atoms with E-state index in [0.29, 0.717) is 5.02 Å². The van der Waals surface area contributed by atoms with Gasteiger partial charge in [0.1, 0.15) is 5.75 Å². The summed E-state index contributed by atoms with van der Waals surface area (Å²) in [6, 6.07) is 12.5. The molecule has 0 aliphatic rings. The molecule has 86 valence electrons. The lowest BCUT2D eigenvalue weighted by atomic mass is 10.2. The van der Waals surface area contributed by atoms with Crippen LogP contribution in [0.15, 0.2) is 47.5 Å². The average molecular weight is 246 g/mol. The maximum Gasteiger partial charge on any atom is 0.115 e. The summed E-state index contributed by atoms with van der Waals surface area (Å²) in [5.41, 5.74) is 2.75. The van der Waals surface area contributed by atoms with Gasteiger partial charge >= 0.3 is 0 Å². The smallest absolute Gasteiger partial charge is 0.115 e. The topological polar surface area (TPSA) is 32.6 Å². The molecule has 0 bridgehead atoms. The van der Waals surface area contributed by atoms with Gasteiger partial charge in [0.15, 0.2) is 0 Å². The van der Waals surface area contributed by atoms with E-state index in [1.807, 2.05) is 25.1 Å². The van der Waals surface area contributed by atoms with Gasteiger partial charge in [0, 0.05) is 11.2 Å². The Labute approximate surface area is 105 Å². The Morgan fingerprint density at radius 3 is 2.53 bits per heavy atom.